The Kier molecular flexibility index (Phi) is 5.01. The fourth-order valence-corrected chi connectivity index (χ4v) is 3.87. The molecule has 146 valence electrons. The van der Waals surface area contributed by atoms with Gasteiger partial charge < -0.3 is 9.14 Å². The maximum absolute atomic E-state index is 12.4. The summed E-state index contributed by atoms with van der Waals surface area (Å²) in [5.41, 5.74) is 1.89. The zero-order valence-electron chi connectivity index (χ0n) is 15.2. The number of carbonyl (C=O) groups excluding carboxylic acids is 1. The molecule has 0 bridgehead atoms. The van der Waals surface area contributed by atoms with Gasteiger partial charge in [-0.15, -0.1) is 0 Å². The Labute approximate surface area is 167 Å². The smallest absolute Gasteiger partial charge is 0.338 e. The van der Waals surface area contributed by atoms with Crippen molar-refractivity contribution in [2.45, 2.75) is 11.5 Å². The van der Waals surface area contributed by atoms with Gasteiger partial charge in [-0.25, -0.2) is 18.2 Å². The second-order valence-corrected chi connectivity index (χ2v) is 7.96. The van der Waals surface area contributed by atoms with Gasteiger partial charge in [-0.2, -0.15) is 0 Å². The van der Waals surface area contributed by atoms with Crippen molar-refractivity contribution in [1.29, 1.82) is 0 Å². The zero-order valence-corrected chi connectivity index (χ0v) is 16.0. The van der Waals surface area contributed by atoms with Gasteiger partial charge in [0.1, 0.15) is 12.3 Å². The van der Waals surface area contributed by atoms with Crippen molar-refractivity contribution in [3.63, 3.8) is 0 Å². The van der Waals surface area contributed by atoms with E-state index in [-0.39, 0.29) is 22.8 Å². The van der Waals surface area contributed by atoms with Crippen LogP contribution in [0.4, 0.5) is 5.69 Å². The fourth-order valence-electron chi connectivity index (χ4n) is 2.80. The molecule has 0 radical (unpaired) electrons. The minimum Gasteiger partial charge on any atom is -0.456 e. The standard InChI is InChI=1S/C21H17N3O4S/c25-21(28-15-18-14-24-12-5-4-11-20(24)22-18)16-7-6-8-17(13-16)23-29(26,27)19-9-2-1-3-10-19/h1-14,23H,15H2. The number of nitrogens with zero attached hydrogens (tertiary/aromatic N) is 2. The van der Waals surface area contributed by atoms with Crippen LogP contribution in [0.15, 0.2) is 90.1 Å². The summed E-state index contributed by atoms with van der Waals surface area (Å²) in [4.78, 5) is 16.9. The van der Waals surface area contributed by atoms with Gasteiger partial charge in [0.2, 0.25) is 0 Å². The highest BCUT2D eigenvalue weighted by Crippen LogP contribution is 2.18. The molecule has 2 heterocycles. The molecule has 4 aromatic rings. The Morgan fingerprint density at radius 2 is 1.79 bits per heavy atom. The summed E-state index contributed by atoms with van der Waals surface area (Å²) in [6, 6.07) is 19.8. The maximum Gasteiger partial charge on any atom is 0.338 e. The minimum absolute atomic E-state index is 0.0144. The first kappa shape index (κ1) is 18.7. The van der Waals surface area contributed by atoms with Gasteiger partial charge in [-0.3, -0.25) is 4.72 Å². The van der Waals surface area contributed by atoms with Gasteiger partial charge in [0.05, 0.1) is 16.2 Å². The number of hydrogen-bond donors (Lipinski definition) is 1. The fraction of sp³-hybridized carbons (Fsp3) is 0.0476. The lowest BCUT2D eigenvalue weighted by Gasteiger charge is -2.09. The summed E-state index contributed by atoms with van der Waals surface area (Å²) in [5.74, 6) is -0.567. The van der Waals surface area contributed by atoms with E-state index in [4.69, 9.17) is 4.74 Å². The molecule has 4 rings (SSSR count). The van der Waals surface area contributed by atoms with Crippen LogP contribution in [0.5, 0.6) is 0 Å². The molecule has 0 fully saturated rings. The van der Waals surface area contributed by atoms with Crippen molar-refractivity contribution in [3.8, 4) is 0 Å². The molecule has 2 aromatic carbocycles. The third-order valence-electron chi connectivity index (χ3n) is 4.17. The summed E-state index contributed by atoms with van der Waals surface area (Å²) in [6.07, 6.45) is 3.64. The summed E-state index contributed by atoms with van der Waals surface area (Å²) >= 11 is 0. The predicted molar refractivity (Wildman–Crippen MR) is 108 cm³/mol. The van der Waals surface area contributed by atoms with E-state index in [1.807, 2.05) is 28.8 Å². The van der Waals surface area contributed by atoms with E-state index in [2.05, 4.69) is 9.71 Å². The number of benzene rings is 2. The van der Waals surface area contributed by atoms with Crippen molar-refractivity contribution < 1.29 is 17.9 Å². The van der Waals surface area contributed by atoms with Crippen LogP contribution in [0, 0.1) is 0 Å². The molecule has 8 heteroatoms. The quantitative estimate of drug-likeness (QED) is 0.494. The molecular weight excluding hydrogens is 390 g/mol. The number of esters is 1. The van der Waals surface area contributed by atoms with E-state index in [0.717, 1.165) is 5.65 Å². The number of sulfonamides is 1. The second kappa shape index (κ2) is 7.76. The molecule has 29 heavy (non-hydrogen) atoms. The Bertz CT molecular complexity index is 1230. The molecule has 0 unspecified atom stereocenters. The monoisotopic (exact) mass is 407 g/mol. The Balaban J connectivity index is 1.45. The van der Waals surface area contributed by atoms with Crippen LogP contribution in [0.25, 0.3) is 5.65 Å². The molecule has 0 aliphatic rings. The third-order valence-corrected chi connectivity index (χ3v) is 5.57. The molecular formula is C21H17N3O4S. The lowest BCUT2D eigenvalue weighted by molar-refractivity contribution is 0.0468. The zero-order chi connectivity index (χ0) is 20.3. The number of ether oxygens (including phenoxy) is 1. The number of rotatable bonds is 6. The molecule has 0 saturated carbocycles. The van der Waals surface area contributed by atoms with E-state index in [1.165, 1.54) is 18.2 Å². The Hall–Kier alpha value is -3.65. The largest absolute Gasteiger partial charge is 0.456 e. The van der Waals surface area contributed by atoms with Crippen LogP contribution < -0.4 is 4.72 Å². The van der Waals surface area contributed by atoms with Gasteiger partial charge in [0.15, 0.2) is 0 Å². The number of hydrogen-bond acceptors (Lipinski definition) is 5. The number of pyridine rings is 1. The average Bonchev–Trinajstić information content (AvgIpc) is 3.15. The lowest BCUT2D eigenvalue weighted by Crippen LogP contribution is -2.13. The van der Waals surface area contributed by atoms with Gasteiger partial charge in [-0.05, 0) is 42.5 Å². The molecule has 0 amide bonds. The first-order valence-electron chi connectivity index (χ1n) is 8.79. The van der Waals surface area contributed by atoms with E-state index < -0.39 is 16.0 Å². The second-order valence-electron chi connectivity index (χ2n) is 6.27. The van der Waals surface area contributed by atoms with Gasteiger partial charge >= 0.3 is 5.97 Å². The summed E-state index contributed by atoms with van der Waals surface area (Å²) in [6.45, 7) is 0.0144. The van der Waals surface area contributed by atoms with Crippen molar-refractivity contribution in [1.82, 2.24) is 9.38 Å². The predicted octanol–water partition coefficient (Wildman–Crippen LogP) is 3.49. The van der Waals surface area contributed by atoms with E-state index in [1.54, 1.807) is 42.6 Å². The number of nitrogens with one attached hydrogen (secondary N) is 1. The maximum atomic E-state index is 12.4. The highest BCUT2D eigenvalue weighted by molar-refractivity contribution is 7.92. The Morgan fingerprint density at radius 3 is 2.59 bits per heavy atom. The van der Waals surface area contributed by atoms with Crippen LogP contribution in [-0.4, -0.2) is 23.8 Å². The van der Waals surface area contributed by atoms with Crippen LogP contribution in [0.1, 0.15) is 16.1 Å². The van der Waals surface area contributed by atoms with Crippen molar-refractivity contribution in [2.75, 3.05) is 4.72 Å². The molecule has 0 spiro atoms. The van der Waals surface area contributed by atoms with Crippen molar-refractivity contribution in [2.24, 2.45) is 0 Å². The highest BCUT2D eigenvalue weighted by atomic mass is 32.2. The van der Waals surface area contributed by atoms with Crippen LogP contribution >= 0.6 is 0 Å². The summed E-state index contributed by atoms with van der Waals surface area (Å²) in [7, 11) is -3.74. The molecule has 7 nitrogen and oxygen atoms in total. The van der Waals surface area contributed by atoms with Crippen LogP contribution in [0.3, 0.4) is 0 Å². The number of aromatic nitrogens is 2. The molecule has 0 aliphatic heterocycles. The first-order chi connectivity index (χ1) is 14.0. The van der Waals surface area contributed by atoms with Gasteiger partial charge in [0, 0.05) is 18.1 Å². The number of imidazole rings is 1. The Morgan fingerprint density at radius 1 is 1.00 bits per heavy atom. The summed E-state index contributed by atoms with van der Waals surface area (Å²) in [5, 5.41) is 0. The van der Waals surface area contributed by atoms with Crippen molar-refractivity contribution >= 4 is 27.3 Å². The molecule has 0 atom stereocenters. The van der Waals surface area contributed by atoms with Crippen LogP contribution in [0.2, 0.25) is 0 Å². The third kappa shape index (κ3) is 4.27. The normalized spacial score (nSPS) is 11.3. The molecule has 2 aromatic heterocycles. The van der Waals surface area contributed by atoms with E-state index >= 15 is 0 Å². The van der Waals surface area contributed by atoms with Gasteiger partial charge in [-0.1, -0.05) is 30.3 Å². The topological polar surface area (TPSA) is 89.8 Å². The summed E-state index contributed by atoms with van der Waals surface area (Å²) < 4.78 is 34.5. The molecule has 0 aliphatic carbocycles. The number of fused-ring (bicyclic) bond motifs is 1. The number of anilines is 1. The highest BCUT2D eigenvalue weighted by Gasteiger charge is 2.15. The minimum atomic E-state index is -3.74. The molecule has 1 N–H and O–H groups in total. The number of carbonyl (C=O) groups is 1. The first-order valence-corrected chi connectivity index (χ1v) is 10.3. The van der Waals surface area contributed by atoms with E-state index in [9.17, 15) is 13.2 Å². The SMILES string of the molecule is O=C(OCc1cn2ccccc2n1)c1cccc(NS(=O)(=O)c2ccccc2)c1. The molecule has 0 saturated heterocycles. The van der Waals surface area contributed by atoms with Gasteiger partial charge in [0.25, 0.3) is 10.0 Å². The van der Waals surface area contributed by atoms with Crippen LogP contribution in [-0.2, 0) is 21.4 Å². The van der Waals surface area contributed by atoms with Crippen molar-refractivity contribution in [3.05, 3.63) is 96.4 Å². The van der Waals surface area contributed by atoms with E-state index in [0.29, 0.717) is 5.69 Å². The average molecular weight is 407 g/mol. The lowest BCUT2D eigenvalue weighted by atomic mass is 10.2.